The Balaban J connectivity index is 3.21. The zero-order chi connectivity index (χ0) is 12.1. The fourth-order valence-electron chi connectivity index (χ4n) is 1.51. The van der Waals surface area contributed by atoms with Crippen molar-refractivity contribution in [1.82, 2.24) is 0 Å². The number of hydrogen-bond acceptors (Lipinski definition) is 4. The summed E-state index contributed by atoms with van der Waals surface area (Å²) in [6, 6.07) is 5.18. The highest BCUT2D eigenvalue weighted by atomic mass is 16.5. The fourth-order valence-corrected chi connectivity index (χ4v) is 1.51. The van der Waals surface area contributed by atoms with Crippen LogP contribution in [-0.2, 0) is 4.79 Å². The lowest BCUT2D eigenvalue weighted by Crippen LogP contribution is -2.28. The molecule has 1 aromatic rings. The van der Waals surface area contributed by atoms with Crippen LogP contribution in [-0.4, -0.2) is 26.7 Å². The van der Waals surface area contributed by atoms with Crippen molar-refractivity contribution in [2.75, 3.05) is 20.8 Å². The molecule has 0 radical (unpaired) electrons. The molecule has 0 saturated carbocycles. The number of benzene rings is 1. The summed E-state index contributed by atoms with van der Waals surface area (Å²) in [4.78, 5) is 11.2. The van der Waals surface area contributed by atoms with E-state index in [1.54, 1.807) is 25.3 Å². The van der Waals surface area contributed by atoms with E-state index in [0.29, 0.717) is 17.1 Å². The van der Waals surface area contributed by atoms with Crippen LogP contribution in [0.4, 0.5) is 0 Å². The molecule has 1 unspecified atom stereocenters. The smallest absolute Gasteiger partial charge is 0.226 e. The highest BCUT2D eigenvalue weighted by molar-refractivity contribution is 5.83. The van der Waals surface area contributed by atoms with E-state index in [1.807, 2.05) is 0 Å². The Kier molecular flexibility index (Phi) is 4.13. The van der Waals surface area contributed by atoms with Crippen molar-refractivity contribution < 1.29 is 14.3 Å². The molecule has 0 spiro atoms. The molecule has 0 aliphatic rings. The van der Waals surface area contributed by atoms with Gasteiger partial charge in [-0.15, -0.1) is 0 Å². The van der Waals surface area contributed by atoms with E-state index in [0.717, 1.165) is 0 Å². The number of ether oxygens (including phenoxy) is 2. The summed E-state index contributed by atoms with van der Waals surface area (Å²) < 4.78 is 10.2. The van der Waals surface area contributed by atoms with Gasteiger partial charge in [0, 0.05) is 12.1 Å². The van der Waals surface area contributed by atoms with Crippen LogP contribution < -0.4 is 20.9 Å². The summed E-state index contributed by atoms with van der Waals surface area (Å²) in [5.74, 6) is 0.171. The first-order chi connectivity index (χ1) is 7.63. The Bertz CT molecular complexity index is 379. The summed E-state index contributed by atoms with van der Waals surface area (Å²) in [5.41, 5.74) is 11.5. The maximum Gasteiger partial charge on any atom is 0.226 e. The van der Waals surface area contributed by atoms with Crippen LogP contribution in [0.5, 0.6) is 11.5 Å². The predicted molar refractivity (Wildman–Crippen MR) is 60.5 cm³/mol. The van der Waals surface area contributed by atoms with Gasteiger partial charge in [0.25, 0.3) is 0 Å². The predicted octanol–water partition coefficient (Wildman–Crippen LogP) is 0.231. The Hall–Kier alpha value is -1.75. The standard InChI is InChI=1S/C11H16N2O3/c1-15-7-3-4-10(16-2)8(5-7)9(6-12)11(13)14/h3-5,9H,6,12H2,1-2H3,(H2,13,14). The van der Waals surface area contributed by atoms with Crippen LogP contribution in [0.25, 0.3) is 0 Å². The van der Waals surface area contributed by atoms with Gasteiger partial charge in [0.2, 0.25) is 5.91 Å². The molecule has 0 bridgehead atoms. The van der Waals surface area contributed by atoms with Crippen LogP contribution in [0, 0.1) is 0 Å². The van der Waals surface area contributed by atoms with Crippen molar-refractivity contribution in [3.05, 3.63) is 23.8 Å². The van der Waals surface area contributed by atoms with Gasteiger partial charge in [-0.1, -0.05) is 0 Å². The minimum absolute atomic E-state index is 0.138. The van der Waals surface area contributed by atoms with Crippen LogP contribution in [0.2, 0.25) is 0 Å². The lowest BCUT2D eigenvalue weighted by molar-refractivity contribution is -0.119. The van der Waals surface area contributed by atoms with Crippen LogP contribution >= 0.6 is 0 Å². The zero-order valence-electron chi connectivity index (χ0n) is 9.40. The number of nitrogens with two attached hydrogens (primary N) is 2. The van der Waals surface area contributed by atoms with E-state index >= 15 is 0 Å². The largest absolute Gasteiger partial charge is 0.497 e. The van der Waals surface area contributed by atoms with Gasteiger partial charge in [0.1, 0.15) is 11.5 Å². The van der Waals surface area contributed by atoms with E-state index in [1.165, 1.54) is 7.11 Å². The SMILES string of the molecule is COc1ccc(OC)c(C(CN)C(N)=O)c1. The van der Waals surface area contributed by atoms with E-state index in [4.69, 9.17) is 20.9 Å². The van der Waals surface area contributed by atoms with Crippen molar-refractivity contribution >= 4 is 5.91 Å². The number of rotatable bonds is 5. The first-order valence-corrected chi connectivity index (χ1v) is 4.85. The molecule has 16 heavy (non-hydrogen) atoms. The second kappa shape index (κ2) is 5.37. The molecule has 5 nitrogen and oxygen atoms in total. The number of primary amides is 1. The Morgan fingerprint density at radius 2 is 2.06 bits per heavy atom. The summed E-state index contributed by atoms with van der Waals surface area (Å²) in [5, 5.41) is 0. The molecule has 0 aliphatic heterocycles. The number of amides is 1. The molecule has 0 aromatic heterocycles. The first-order valence-electron chi connectivity index (χ1n) is 4.85. The van der Waals surface area contributed by atoms with E-state index in [9.17, 15) is 4.79 Å². The first kappa shape index (κ1) is 12.3. The van der Waals surface area contributed by atoms with Gasteiger partial charge < -0.3 is 20.9 Å². The summed E-state index contributed by atoms with van der Waals surface area (Å²) in [6.45, 7) is 0.138. The minimum Gasteiger partial charge on any atom is -0.497 e. The van der Waals surface area contributed by atoms with Crippen molar-refractivity contribution in [1.29, 1.82) is 0 Å². The van der Waals surface area contributed by atoms with Gasteiger partial charge in [-0.3, -0.25) is 4.79 Å². The zero-order valence-corrected chi connectivity index (χ0v) is 9.40. The molecule has 0 heterocycles. The van der Waals surface area contributed by atoms with Gasteiger partial charge in [0.15, 0.2) is 0 Å². The number of carbonyl (C=O) groups is 1. The molecule has 5 heteroatoms. The maximum absolute atomic E-state index is 11.2. The average Bonchev–Trinajstić information content (AvgIpc) is 2.29. The lowest BCUT2D eigenvalue weighted by atomic mass is 9.97. The van der Waals surface area contributed by atoms with Crippen LogP contribution in [0.3, 0.4) is 0 Å². The fraction of sp³-hybridized carbons (Fsp3) is 0.364. The summed E-state index contributed by atoms with van der Waals surface area (Å²) >= 11 is 0. The van der Waals surface area contributed by atoms with Crippen molar-refractivity contribution in [2.45, 2.75) is 5.92 Å². The second-order valence-electron chi connectivity index (χ2n) is 3.30. The van der Waals surface area contributed by atoms with Crippen LogP contribution in [0.15, 0.2) is 18.2 Å². The molecule has 1 aromatic carbocycles. The molecule has 0 saturated heterocycles. The summed E-state index contributed by atoms with van der Waals surface area (Å²) in [7, 11) is 3.08. The second-order valence-corrected chi connectivity index (χ2v) is 3.30. The van der Waals surface area contributed by atoms with E-state index < -0.39 is 11.8 Å². The van der Waals surface area contributed by atoms with Crippen molar-refractivity contribution in [2.24, 2.45) is 11.5 Å². The molecule has 1 atom stereocenters. The van der Waals surface area contributed by atoms with Gasteiger partial charge in [0.05, 0.1) is 20.1 Å². The third-order valence-corrected chi connectivity index (χ3v) is 2.39. The monoisotopic (exact) mass is 224 g/mol. The Morgan fingerprint density at radius 1 is 1.38 bits per heavy atom. The molecular weight excluding hydrogens is 208 g/mol. The molecule has 4 N–H and O–H groups in total. The molecule has 1 rings (SSSR count). The number of hydrogen-bond donors (Lipinski definition) is 2. The highest BCUT2D eigenvalue weighted by Gasteiger charge is 2.20. The molecule has 88 valence electrons. The molecule has 0 fully saturated rings. The quantitative estimate of drug-likeness (QED) is 0.749. The normalized spacial score (nSPS) is 11.9. The van der Waals surface area contributed by atoms with Gasteiger partial charge in [-0.25, -0.2) is 0 Å². The van der Waals surface area contributed by atoms with E-state index in [-0.39, 0.29) is 6.54 Å². The van der Waals surface area contributed by atoms with Crippen molar-refractivity contribution in [3.63, 3.8) is 0 Å². The molecule has 0 aliphatic carbocycles. The van der Waals surface area contributed by atoms with Gasteiger partial charge in [-0.05, 0) is 18.2 Å². The lowest BCUT2D eigenvalue weighted by Gasteiger charge is -2.16. The topological polar surface area (TPSA) is 87.6 Å². The molecular formula is C11H16N2O3. The number of carbonyl (C=O) groups excluding carboxylic acids is 1. The third kappa shape index (κ3) is 2.43. The van der Waals surface area contributed by atoms with Gasteiger partial charge in [-0.2, -0.15) is 0 Å². The Morgan fingerprint density at radius 3 is 2.50 bits per heavy atom. The van der Waals surface area contributed by atoms with E-state index in [2.05, 4.69) is 0 Å². The number of methoxy groups -OCH3 is 2. The molecule has 1 amide bonds. The Labute approximate surface area is 94.3 Å². The third-order valence-electron chi connectivity index (χ3n) is 2.39. The van der Waals surface area contributed by atoms with Crippen molar-refractivity contribution in [3.8, 4) is 11.5 Å². The van der Waals surface area contributed by atoms with Gasteiger partial charge >= 0.3 is 0 Å². The highest BCUT2D eigenvalue weighted by Crippen LogP contribution is 2.29. The maximum atomic E-state index is 11.2. The minimum atomic E-state index is -0.565. The average molecular weight is 224 g/mol. The summed E-state index contributed by atoms with van der Waals surface area (Å²) in [6.07, 6.45) is 0. The van der Waals surface area contributed by atoms with Crippen LogP contribution in [0.1, 0.15) is 11.5 Å².